The summed E-state index contributed by atoms with van der Waals surface area (Å²) >= 11 is 1.63. The van der Waals surface area contributed by atoms with E-state index < -0.39 is 0 Å². The fraction of sp³-hybridized carbons (Fsp3) is 0.556. The molecule has 2 aromatic rings. The third-order valence-electron chi connectivity index (χ3n) is 4.30. The van der Waals surface area contributed by atoms with E-state index in [2.05, 4.69) is 47.6 Å². The maximum atomic E-state index is 10.8. The van der Waals surface area contributed by atoms with Gasteiger partial charge < -0.3 is 4.57 Å². The first kappa shape index (κ1) is 20.4. The molecule has 0 saturated carbocycles. The highest BCUT2D eigenvalue weighted by atomic mass is 32.2. The van der Waals surface area contributed by atoms with Gasteiger partial charge in [-0.2, -0.15) is 0 Å². The largest absolute Gasteiger partial charge is 0.305 e. The highest BCUT2D eigenvalue weighted by Gasteiger charge is 2.21. The van der Waals surface area contributed by atoms with Crippen molar-refractivity contribution in [2.45, 2.75) is 56.6 Å². The summed E-state index contributed by atoms with van der Waals surface area (Å²) in [6.07, 6.45) is 3.17. The minimum Gasteiger partial charge on any atom is -0.305 e. The van der Waals surface area contributed by atoms with Gasteiger partial charge in [-0.1, -0.05) is 44.2 Å². The molecule has 0 N–H and O–H groups in total. The lowest BCUT2D eigenvalue weighted by Gasteiger charge is -2.23. The molecular formula is C18H27N5O2S. The molecule has 0 aliphatic rings. The summed E-state index contributed by atoms with van der Waals surface area (Å²) in [4.78, 5) is 12.6. The third-order valence-corrected chi connectivity index (χ3v) is 5.34. The summed E-state index contributed by atoms with van der Waals surface area (Å²) in [5, 5.41) is 20.6. The van der Waals surface area contributed by atoms with Crippen LogP contribution in [0.3, 0.4) is 0 Å². The topological polar surface area (TPSA) is 77.1 Å². The third kappa shape index (κ3) is 5.04. The zero-order valence-electron chi connectivity index (χ0n) is 15.9. The molecule has 1 atom stereocenters. The molecular weight excluding hydrogens is 350 g/mol. The molecule has 1 unspecified atom stereocenters. The average Bonchev–Trinajstić information content (AvgIpc) is 3.01. The quantitative estimate of drug-likeness (QED) is 0.349. The number of rotatable bonds is 10. The lowest BCUT2D eigenvalue weighted by Crippen LogP contribution is -2.23. The molecule has 26 heavy (non-hydrogen) atoms. The van der Waals surface area contributed by atoms with Crippen LogP contribution in [0.5, 0.6) is 0 Å². The van der Waals surface area contributed by atoms with Gasteiger partial charge in [0.05, 0.1) is 11.0 Å². The van der Waals surface area contributed by atoms with Crippen LogP contribution in [0.2, 0.25) is 0 Å². The second-order valence-electron chi connectivity index (χ2n) is 6.45. The van der Waals surface area contributed by atoms with E-state index in [9.17, 15) is 10.1 Å². The van der Waals surface area contributed by atoms with Gasteiger partial charge >= 0.3 is 0 Å². The molecule has 7 nitrogen and oxygen atoms in total. The molecule has 0 amide bonds. The van der Waals surface area contributed by atoms with E-state index in [1.165, 1.54) is 0 Å². The summed E-state index contributed by atoms with van der Waals surface area (Å²) in [7, 11) is 4.13. The molecule has 0 aliphatic heterocycles. The Labute approximate surface area is 159 Å². The van der Waals surface area contributed by atoms with Gasteiger partial charge in [-0.3, -0.25) is 15.0 Å². The number of benzene rings is 1. The number of aromatic nitrogens is 3. The highest BCUT2D eigenvalue weighted by Crippen LogP contribution is 2.28. The van der Waals surface area contributed by atoms with E-state index in [1.807, 2.05) is 0 Å². The van der Waals surface area contributed by atoms with Gasteiger partial charge in [0, 0.05) is 24.4 Å². The molecule has 142 valence electrons. The van der Waals surface area contributed by atoms with Crippen molar-refractivity contribution in [2.24, 2.45) is 0 Å². The van der Waals surface area contributed by atoms with E-state index in [0.29, 0.717) is 5.75 Å². The van der Waals surface area contributed by atoms with Crippen molar-refractivity contribution in [1.82, 2.24) is 19.7 Å². The van der Waals surface area contributed by atoms with Crippen molar-refractivity contribution in [3.05, 3.63) is 45.8 Å². The van der Waals surface area contributed by atoms with Crippen LogP contribution < -0.4 is 0 Å². The molecule has 1 heterocycles. The number of thioether (sulfide) groups is 1. The van der Waals surface area contributed by atoms with Gasteiger partial charge in [0.1, 0.15) is 0 Å². The molecule has 0 spiro atoms. The number of nitro benzene ring substituents is 1. The lowest BCUT2D eigenvalue weighted by atomic mass is 10.2. The predicted octanol–water partition coefficient (Wildman–Crippen LogP) is 4.29. The van der Waals surface area contributed by atoms with Crippen LogP contribution in [0.4, 0.5) is 5.69 Å². The maximum absolute atomic E-state index is 10.8. The Kier molecular flexibility index (Phi) is 7.59. The van der Waals surface area contributed by atoms with Crippen LogP contribution >= 0.6 is 11.8 Å². The van der Waals surface area contributed by atoms with Gasteiger partial charge in [-0.15, -0.1) is 10.2 Å². The fourth-order valence-corrected chi connectivity index (χ4v) is 3.75. The van der Waals surface area contributed by atoms with Crippen LogP contribution in [-0.2, 0) is 12.3 Å². The van der Waals surface area contributed by atoms with Gasteiger partial charge in [-0.25, -0.2) is 0 Å². The number of non-ortho nitro benzene ring substituents is 1. The fourth-order valence-electron chi connectivity index (χ4n) is 2.82. The normalized spacial score (nSPS) is 12.5. The Hall–Kier alpha value is -1.93. The van der Waals surface area contributed by atoms with Crippen LogP contribution in [0.1, 0.15) is 50.5 Å². The van der Waals surface area contributed by atoms with E-state index in [-0.39, 0.29) is 16.7 Å². The lowest BCUT2D eigenvalue weighted by molar-refractivity contribution is -0.384. The van der Waals surface area contributed by atoms with Crippen molar-refractivity contribution in [1.29, 1.82) is 0 Å². The Bertz CT molecular complexity index is 715. The van der Waals surface area contributed by atoms with Crippen LogP contribution in [0.15, 0.2) is 29.4 Å². The van der Waals surface area contributed by atoms with Gasteiger partial charge in [-0.05, 0) is 32.5 Å². The molecule has 0 bridgehead atoms. The molecule has 0 saturated heterocycles. The van der Waals surface area contributed by atoms with Crippen molar-refractivity contribution >= 4 is 17.4 Å². The number of nitro groups is 1. The SMILES string of the molecule is CCCCn1c(SCc2ccc([N+](=O)[O-])cc2)nnc1C(CC)N(C)C. The first-order valence-electron chi connectivity index (χ1n) is 8.93. The van der Waals surface area contributed by atoms with Crippen LogP contribution in [-0.4, -0.2) is 38.7 Å². The van der Waals surface area contributed by atoms with E-state index in [1.54, 1.807) is 36.0 Å². The van der Waals surface area contributed by atoms with Crippen LogP contribution in [0, 0.1) is 10.1 Å². The number of hydrogen-bond donors (Lipinski definition) is 0. The number of nitrogens with zero attached hydrogens (tertiary/aromatic N) is 5. The average molecular weight is 378 g/mol. The Balaban J connectivity index is 2.17. The molecule has 1 aromatic heterocycles. The number of hydrogen-bond acceptors (Lipinski definition) is 6. The Morgan fingerprint density at radius 1 is 1.23 bits per heavy atom. The zero-order chi connectivity index (χ0) is 19.1. The van der Waals surface area contributed by atoms with E-state index in [0.717, 1.165) is 42.4 Å². The Morgan fingerprint density at radius 2 is 1.92 bits per heavy atom. The highest BCUT2D eigenvalue weighted by molar-refractivity contribution is 7.98. The summed E-state index contributed by atoms with van der Waals surface area (Å²) < 4.78 is 2.23. The zero-order valence-corrected chi connectivity index (χ0v) is 16.7. The second-order valence-corrected chi connectivity index (χ2v) is 7.39. The molecule has 2 rings (SSSR count). The second kappa shape index (κ2) is 9.68. The number of unbranched alkanes of at least 4 members (excludes halogenated alkanes) is 1. The standard InChI is InChI=1S/C18H27N5O2S/c1-5-7-12-22-17(16(6-2)21(3)4)19-20-18(22)26-13-14-8-10-15(11-9-14)23(24)25/h8-11,16H,5-7,12-13H2,1-4H3. The van der Waals surface area contributed by atoms with E-state index >= 15 is 0 Å². The first-order valence-corrected chi connectivity index (χ1v) is 9.92. The van der Waals surface area contributed by atoms with Crippen molar-refractivity contribution in [3.63, 3.8) is 0 Å². The van der Waals surface area contributed by atoms with Crippen molar-refractivity contribution < 1.29 is 4.92 Å². The predicted molar refractivity (Wildman–Crippen MR) is 104 cm³/mol. The maximum Gasteiger partial charge on any atom is 0.269 e. The molecule has 0 fully saturated rings. The van der Waals surface area contributed by atoms with Gasteiger partial charge in [0.15, 0.2) is 11.0 Å². The first-order chi connectivity index (χ1) is 12.5. The Morgan fingerprint density at radius 3 is 2.46 bits per heavy atom. The molecule has 1 aromatic carbocycles. The summed E-state index contributed by atoms with van der Waals surface area (Å²) in [5.41, 5.74) is 1.15. The summed E-state index contributed by atoms with van der Waals surface area (Å²) in [5.74, 6) is 1.72. The van der Waals surface area contributed by atoms with Gasteiger partial charge in [0.2, 0.25) is 0 Å². The molecule has 8 heteroatoms. The smallest absolute Gasteiger partial charge is 0.269 e. The molecule has 0 aliphatic carbocycles. The van der Waals surface area contributed by atoms with E-state index in [4.69, 9.17) is 0 Å². The minimum atomic E-state index is -0.378. The van der Waals surface area contributed by atoms with Crippen LogP contribution in [0.25, 0.3) is 0 Å². The monoisotopic (exact) mass is 377 g/mol. The van der Waals surface area contributed by atoms with Gasteiger partial charge in [0.25, 0.3) is 5.69 Å². The van der Waals surface area contributed by atoms with Crippen molar-refractivity contribution in [3.8, 4) is 0 Å². The molecule has 0 radical (unpaired) electrons. The summed E-state index contributed by atoms with van der Waals surface area (Å²) in [6.45, 7) is 5.25. The minimum absolute atomic E-state index is 0.115. The summed E-state index contributed by atoms with van der Waals surface area (Å²) in [6, 6.07) is 6.93. The van der Waals surface area contributed by atoms with Crippen molar-refractivity contribution in [2.75, 3.05) is 14.1 Å².